The number of allylic oxidation sites excluding steroid dienone is 1. The first-order valence-corrected chi connectivity index (χ1v) is 14.6. The Morgan fingerprint density at radius 3 is 2.70 bits per heavy atom. The van der Waals surface area contributed by atoms with Gasteiger partial charge in [-0.1, -0.05) is 42.5 Å². The van der Waals surface area contributed by atoms with Gasteiger partial charge in [0.1, 0.15) is 23.4 Å². The summed E-state index contributed by atoms with van der Waals surface area (Å²) in [6.45, 7) is 0.692. The van der Waals surface area contributed by atoms with Crippen molar-refractivity contribution in [1.29, 1.82) is 0 Å². The number of carboxylic acids is 1. The van der Waals surface area contributed by atoms with Gasteiger partial charge in [-0.15, -0.1) is 0 Å². The highest BCUT2D eigenvalue weighted by Crippen LogP contribution is 2.45. The van der Waals surface area contributed by atoms with Gasteiger partial charge in [-0.2, -0.15) is 4.98 Å². The molecule has 4 atom stereocenters. The van der Waals surface area contributed by atoms with Gasteiger partial charge in [0.15, 0.2) is 5.82 Å². The number of nitrogens with zero attached hydrogens (tertiary/aromatic N) is 4. The Balaban J connectivity index is 1.32. The van der Waals surface area contributed by atoms with Crippen LogP contribution >= 0.6 is 0 Å². The molecule has 1 aromatic heterocycles. The van der Waals surface area contributed by atoms with Crippen LogP contribution in [-0.4, -0.2) is 87.7 Å². The summed E-state index contributed by atoms with van der Waals surface area (Å²) in [7, 11) is 3.31. The van der Waals surface area contributed by atoms with Gasteiger partial charge >= 0.3 is 12.0 Å². The Kier molecular flexibility index (Phi) is 7.64. The lowest BCUT2D eigenvalue weighted by Gasteiger charge is -2.29. The molecule has 2 N–H and O–H groups in total. The topological polar surface area (TPSA) is 134 Å². The van der Waals surface area contributed by atoms with Gasteiger partial charge in [-0.25, -0.2) is 14.6 Å². The van der Waals surface area contributed by atoms with Crippen LogP contribution in [0.1, 0.15) is 32.1 Å². The lowest BCUT2D eigenvalue weighted by molar-refractivity contribution is -0.144. The number of carboxylic acid groups (broad SMARTS) is 1. The molecular formula is C32H35N5O6. The summed E-state index contributed by atoms with van der Waals surface area (Å²) < 4.78 is 11.9. The zero-order valence-electron chi connectivity index (χ0n) is 24.2. The minimum Gasteiger partial charge on any atom is -0.497 e. The first-order chi connectivity index (χ1) is 20.8. The lowest BCUT2D eigenvalue weighted by atomic mass is 10.1. The number of carbonyl (C=O) groups is 3. The average Bonchev–Trinajstić information content (AvgIpc) is 3.55. The summed E-state index contributed by atoms with van der Waals surface area (Å²) >= 11 is 0. The minimum absolute atomic E-state index is 0.146. The molecule has 0 radical (unpaired) electrons. The first kappa shape index (κ1) is 28.4. The van der Waals surface area contributed by atoms with E-state index in [2.05, 4.69) is 5.32 Å². The second-order valence-electron chi connectivity index (χ2n) is 11.4. The second-order valence-corrected chi connectivity index (χ2v) is 11.4. The van der Waals surface area contributed by atoms with Crippen molar-refractivity contribution in [2.24, 2.45) is 5.92 Å². The van der Waals surface area contributed by atoms with Crippen LogP contribution in [0.25, 0.3) is 22.3 Å². The molecule has 224 valence electrons. The number of benzene rings is 2. The van der Waals surface area contributed by atoms with Crippen LogP contribution in [0.3, 0.4) is 0 Å². The molecule has 43 heavy (non-hydrogen) atoms. The van der Waals surface area contributed by atoms with Crippen LogP contribution in [-0.2, 0) is 9.59 Å². The highest BCUT2D eigenvalue weighted by molar-refractivity contribution is 5.94. The van der Waals surface area contributed by atoms with E-state index in [1.54, 1.807) is 25.1 Å². The van der Waals surface area contributed by atoms with Crippen LogP contribution < -0.4 is 14.8 Å². The molecule has 3 heterocycles. The van der Waals surface area contributed by atoms with Crippen molar-refractivity contribution in [3.05, 3.63) is 60.7 Å². The molecule has 3 amide bonds. The molecule has 1 saturated carbocycles. The Morgan fingerprint density at radius 1 is 1.12 bits per heavy atom. The number of methoxy groups -OCH3 is 1. The van der Waals surface area contributed by atoms with Crippen molar-refractivity contribution in [3.8, 4) is 23.0 Å². The third kappa shape index (κ3) is 5.59. The number of aliphatic carboxylic acids is 1. The number of rotatable bonds is 5. The van der Waals surface area contributed by atoms with Crippen molar-refractivity contribution in [3.63, 3.8) is 0 Å². The zero-order valence-corrected chi connectivity index (χ0v) is 24.2. The monoisotopic (exact) mass is 585 g/mol. The van der Waals surface area contributed by atoms with E-state index in [9.17, 15) is 19.5 Å². The van der Waals surface area contributed by atoms with Crippen LogP contribution in [0.2, 0.25) is 0 Å². The first-order valence-electron chi connectivity index (χ1n) is 14.6. The van der Waals surface area contributed by atoms with Crippen molar-refractivity contribution in [2.75, 3.05) is 27.2 Å². The van der Waals surface area contributed by atoms with E-state index in [1.165, 1.54) is 4.90 Å². The lowest BCUT2D eigenvalue weighted by Crippen LogP contribution is -2.54. The fourth-order valence-electron chi connectivity index (χ4n) is 5.97. The second kappa shape index (κ2) is 11.5. The number of amides is 3. The maximum absolute atomic E-state index is 13.7. The number of aromatic nitrogens is 2. The van der Waals surface area contributed by atoms with Gasteiger partial charge in [0.2, 0.25) is 11.8 Å². The van der Waals surface area contributed by atoms with E-state index in [0.29, 0.717) is 41.3 Å². The van der Waals surface area contributed by atoms with Crippen molar-refractivity contribution in [2.45, 2.75) is 49.8 Å². The molecule has 0 unspecified atom stereocenters. The minimum atomic E-state index is -1.36. The molecule has 6 rings (SSSR count). The molecule has 11 nitrogen and oxygen atoms in total. The Labute approximate surface area is 249 Å². The van der Waals surface area contributed by atoms with Gasteiger partial charge in [-0.05, 0) is 37.8 Å². The normalized spacial score (nSPS) is 26.6. The molecule has 2 aromatic carbocycles. The van der Waals surface area contributed by atoms with Crippen LogP contribution in [0.15, 0.2) is 60.7 Å². The number of fused-ring (bicyclic) bond motifs is 3. The third-order valence-corrected chi connectivity index (χ3v) is 8.54. The molecule has 0 bridgehead atoms. The summed E-state index contributed by atoms with van der Waals surface area (Å²) in [4.78, 5) is 52.2. The molecule has 3 aliphatic rings. The smallest absolute Gasteiger partial charge is 0.330 e. The maximum atomic E-state index is 13.7. The van der Waals surface area contributed by atoms with Gasteiger partial charge in [-0.3, -0.25) is 4.79 Å². The third-order valence-electron chi connectivity index (χ3n) is 8.54. The Bertz CT molecular complexity index is 1580. The number of urea groups is 1. The average molecular weight is 586 g/mol. The molecule has 1 saturated heterocycles. The molecule has 2 aliphatic heterocycles. The zero-order chi connectivity index (χ0) is 30.1. The van der Waals surface area contributed by atoms with E-state index in [-0.39, 0.29) is 24.9 Å². The summed E-state index contributed by atoms with van der Waals surface area (Å²) in [5.74, 6) is -0.405. The molecule has 2 fully saturated rings. The van der Waals surface area contributed by atoms with Gasteiger partial charge < -0.3 is 29.7 Å². The molecule has 1 aliphatic carbocycles. The summed E-state index contributed by atoms with van der Waals surface area (Å²) in [5, 5.41) is 13.5. The number of nitrogens with one attached hydrogen (secondary N) is 1. The number of carbonyl (C=O) groups excluding carboxylic acids is 2. The summed E-state index contributed by atoms with van der Waals surface area (Å²) in [6.07, 6.45) is 6.27. The maximum Gasteiger partial charge on any atom is 0.330 e. The van der Waals surface area contributed by atoms with E-state index in [0.717, 1.165) is 24.8 Å². The van der Waals surface area contributed by atoms with E-state index >= 15 is 0 Å². The standard InChI is InChI=1S/C32H35N5O6/c1-36-15-9-4-3-8-12-21-18-32(21,30(39)40)35-28(38)26-17-23(19-37(26)31(36)41)43-29-24-14-13-22(42-2)16-25(24)33-27(34-29)20-10-6-5-7-11-20/h5-8,10-14,16,21,23,26H,3-4,9,15,17-19H2,1-2H3,(H,35,38)(H,39,40)/b12-8-/t21-,23+,26-,32+/m0/s1. The van der Waals surface area contributed by atoms with Gasteiger partial charge in [0.25, 0.3) is 0 Å². The van der Waals surface area contributed by atoms with Crippen LogP contribution in [0.4, 0.5) is 4.79 Å². The SMILES string of the molecule is COc1ccc2c(O[C@@H]3C[C@H]4C(=O)N[C@]5(C(=O)O)C[C@@H]5/C=C\CCCCN(C)C(=O)N4C3)nc(-c3ccccc3)nc2c1. The Hall–Kier alpha value is -4.67. The molecule has 11 heteroatoms. The van der Waals surface area contributed by atoms with E-state index in [4.69, 9.17) is 19.4 Å². The van der Waals surface area contributed by atoms with Gasteiger partial charge in [0, 0.05) is 37.6 Å². The van der Waals surface area contributed by atoms with E-state index < -0.39 is 29.6 Å². The Morgan fingerprint density at radius 2 is 1.93 bits per heavy atom. The van der Waals surface area contributed by atoms with Crippen LogP contribution in [0.5, 0.6) is 11.6 Å². The molecule has 3 aromatic rings. The largest absolute Gasteiger partial charge is 0.497 e. The number of hydrogen-bond donors (Lipinski definition) is 2. The predicted octanol–water partition coefficient (Wildman–Crippen LogP) is 3.88. The fourth-order valence-corrected chi connectivity index (χ4v) is 5.97. The summed E-state index contributed by atoms with van der Waals surface area (Å²) in [5.41, 5.74) is 0.0810. The van der Waals surface area contributed by atoms with Crippen molar-refractivity contribution in [1.82, 2.24) is 25.1 Å². The quantitative estimate of drug-likeness (QED) is 0.431. The van der Waals surface area contributed by atoms with Gasteiger partial charge in [0.05, 0.1) is 24.6 Å². The van der Waals surface area contributed by atoms with Crippen molar-refractivity contribution < 1.29 is 29.0 Å². The highest BCUT2D eigenvalue weighted by atomic mass is 16.5. The van der Waals surface area contributed by atoms with Crippen LogP contribution in [0, 0.1) is 5.92 Å². The van der Waals surface area contributed by atoms with Crippen molar-refractivity contribution >= 4 is 28.8 Å². The highest BCUT2D eigenvalue weighted by Gasteiger charge is 2.61. The molecular weight excluding hydrogens is 550 g/mol. The summed E-state index contributed by atoms with van der Waals surface area (Å²) in [6, 6.07) is 13.8. The molecule has 0 spiro atoms. The number of hydrogen-bond acceptors (Lipinski definition) is 7. The van der Waals surface area contributed by atoms with E-state index in [1.807, 2.05) is 54.6 Å². The predicted molar refractivity (Wildman–Crippen MR) is 159 cm³/mol. The fraction of sp³-hybridized carbons (Fsp3) is 0.406. The number of ether oxygens (including phenoxy) is 2.